The van der Waals surface area contributed by atoms with Gasteiger partial charge >= 0.3 is 6.03 Å². The first-order valence-electron chi connectivity index (χ1n) is 8.18. The molecule has 1 N–H and O–H groups in total. The lowest BCUT2D eigenvalue weighted by Gasteiger charge is -2.32. The number of benzene rings is 1. The minimum atomic E-state index is -0.485. The number of rotatable bonds is 2. The predicted molar refractivity (Wildman–Crippen MR) is 104 cm³/mol. The van der Waals surface area contributed by atoms with Crippen LogP contribution in [0.4, 0.5) is 10.6 Å². The number of fused-ring (bicyclic) bond motifs is 2. The zero-order chi connectivity index (χ0) is 18.5. The second-order valence-electron chi connectivity index (χ2n) is 6.12. The number of carbonyl (C=O) groups is 2. The van der Waals surface area contributed by atoms with Crippen LogP contribution in [0.1, 0.15) is 5.56 Å². The van der Waals surface area contributed by atoms with E-state index in [9.17, 15) is 9.59 Å². The number of nitrogens with one attached hydrogen (secondary N) is 1. The topological polar surface area (TPSA) is 79.6 Å². The van der Waals surface area contributed by atoms with Gasteiger partial charge in [-0.05, 0) is 12.1 Å². The summed E-state index contributed by atoms with van der Waals surface area (Å²) in [5.74, 6) is 0.0628. The summed E-state index contributed by atoms with van der Waals surface area (Å²) in [5.41, 5.74) is 1.41. The minimum absolute atomic E-state index is 0.296. The smallest absolute Gasteiger partial charge is 0.329 e. The van der Waals surface area contributed by atoms with Crippen LogP contribution in [0.25, 0.3) is 10.6 Å². The van der Waals surface area contributed by atoms with Crippen molar-refractivity contribution < 1.29 is 9.59 Å². The number of halogens is 1. The van der Waals surface area contributed by atoms with Crippen LogP contribution in [0.3, 0.4) is 0 Å². The molecular weight excluding hydrogens is 386 g/mol. The number of aromatic nitrogens is 3. The maximum atomic E-state index is 13.2. The number of amides is 3. The highest BCUT2D eigenvalue weighted by molar-refractivity contribution is 8.09. The van der Waals surface area contributed by atoms with Gasteiger partial charge in [0.25, 0.3) is 5.91 Å². The third-order valence-electron chi connectivity index (χ3n) is 4.53. The normalized spacial score (nSPS) is 22.0. The van der Waals surface area contributed by atoms with Crippen molar-refractivity contribution in [3.05, 3.63) is 65.7 Å². The van der Waals surface area contributed by atoms with Crippen molar-refractivity contribution in [1.82, 2.24) is 19.7 Å². The standard InChI is InChI=1S/C18H12ClN5O2S/c19-11-4-2-1-3-10(11)13-7-12-16(27-13)17(25)24(18(26)22-12)15-9-20-8-14-21-5-6-23(14)15/h1-9,12,16H,(H,22,26). The first-order chi connectivity index (χ1) is 13.1. The lowest BCUT2D eigenvalue weighted by atomic mass is 10.1. The Morgan fingerprint density at radius 2 is 2.04 bits per heavy atom. The molecule has 2 unspecified atom stereocenters. The molecular formula is C18H12ClN5O2S. The molecule has 1 saturated heterocycles. The molecule has 2 aromatic heterocycles. The monoisotopic (exact) mass is 397 g/mol. The van der Waals surface area contributed by atoms with Crippen molar-refractivity contribution in [2.45, 2.75) is 11.3 Å². The van der Waals surface area contributed by atoms with E-state index < -0.39 is 11.3 Å². The Morgan fingerprint density at radius 3 is 2.89 bits per heavy atom. The molecule has 9 heteroatoms. The number of anilines is 1. The van der Waals surface area contributed by atoms with Crippen molar-refractivity contribution in [3.63, 3.8) is 0 Å². The fourth-order valence-corrected chi connectivity index (χ4v) is 4.89. The third kappa shape index (κ3) is 2.52. The van der Waals surface area contributed by atoms with Crippen LogP contribution in [0.5, 0.6) is 0 Å². The molecule has 0 saturated carbocycles. The van der Waals surface area contributed by atoms with Crippen molar-refractivity contribution >= 4 is 51.7 Å². The van der Waals surface area contributed by atoms with Gasteiger partial charge in [0.1, 0.15) is 11.1 Å². The Hall–Kier alpha value is -2.84. The van der Waals surface area contributed by atoms with E-state index in [4.69, 9.17) is 11.6 Å². The first-order valence-corrected chi connectivity index (χ1v) is 9.44. The summed E-state index contributed by atoms with van der Waals surface area (Å²) < 4.78 is 1.66. The zero-order valence-electron chi connectivity index (χ0n) is 13.7. The van der Waals surface area contributed by atoms with Crippen molar-refractivity contribution in [1.29, 1.82) is 0 Å². The highest BCUT2D eigenvalue weighted by Crippen LogP contribution is 2.44. The maximum Gasteiger partial charge on any atom is 0.330 e. The molecule has 0 spiro atoms. The van der Waals surface area contributed by atoms with Gasteiger partial charge in [0.2, 0.25) is 0 Å². The van der Waals surface area contributed by atoms with E-state index in [0.717, 1.165) is 15.4 Å². The van der Waals surface area contributed by atoms with Gasteiger partial charge in [0.15, 0.2) is 5.65 Å². The van der Waals surface area contributed by atoms with E-state index >= 15 is 0 Å². The third-order valence-corrected chi connectivity index (χ3v) is 6.22. The Kier molecular flexibility index (Phi) is 3.70. The fraction of sp³-hybridized carbons (Fsp3) is 0.111. The molecule has 2 aliphatic heterocycles. The Balaban J connectivity index is 1.51. The summed E-state index contributed by atoms with van der Waals surface area (Å²) in [6.07, 6.45) is 8.22. The average Bonchev–Trinajstić information content (AvgIpc) is 3.29. The largest absolute Gasteiger partial charge is 0.330 e. The number of carbonyl (C=O) groups excluding carboxylic acids is 2. The molecule has 3 aromatic rings. The maximum absolute atomic E-state index is 13.2. The number of hydrogen-bond acceptors (Lipinski definition) is 5. The van der Waals surface area contributed by atoms with Gasteiger partial charge in [-0.1, -0.05) is 29.8 Å². The molecule has 5 rings (SSSR count). The van der Waals surface area contributed by atoms with E-state index in [-0.39, 0.29) is 11.9 Å². The quantitative estimate of drug-likeness (QED) is 0.719. The first kappa shape index (κ1) is 16.3. The molecule has 1 aromatic carbocycles. The molecule has 27 heavy (non-hydrogen) atoms. The van der Waals surface area contributed by atoms with Crippen LogP contribution in [0.2, 0.25) is 5.02 Å². The molecule has 0 aliphatic carbocycles. The molecule has 3 amide bonds. The van der Waals surface area contributed by atoms with Gasteiger partial charge in [-0.2, -0.15) is 0 Å². The summed E-state index contributed by atoms with van der Waals surface area (Å²) in [5, 5.41) is 3.04. The Morgan fingerprint density at radius 1 is 1.19 bits per heavy atom. The van der Waals surface area contributed by atoms with Crippen LogP contribution in [-0.2, 0) is 4.79 Å². The second kappa shape index (κ2) is 6.11. The number of nitrogens with zero attached hydrogens (tertiary/aromatic N) is 4. The zero-order valence-corrected chi connectivity index (χ0v) is 15.3. The average molecular weight is 398 g/mol. The van der Waals surface area contributed by atoms with Crippen LogP contribution in [-0.4, -0.2) is 37.6 Å². The van der Waals surface area contributed by atoms with E-state index in [2.05, 4.69) is 15.3 Å². The number of thioether (sulfide) groups is 1. The number of imide groups is 1. The summed E-state index contributed by atoms with van der Waals surface area (Å²) in [4.78, 5) is 36.1. The van der Waals surface area contributed by atoms with E-state index in [1.165, 1.54) is 18.0 Å². The minimum Gasteiger partial charge on any atom is -0.329 e. The molecule has 7 nitrogen and oxygen atoms in total. The highest BCUT2D eigenvalue weighted by Gasteiger charge is 2.46. The molecule has 2 aliphatic rings. The van der Waals surface area contributed by atoms with Gasteiger partial charge in [0, 0.05) is 27.9 Å². The van der Waals surface area contributed by atoms with Gasteiger partial charge in [0.05, 0.1) is 18.4 Å². The number of hydrogen-bond donors (Lipinski definition) is 1. The lowest BCUT2D eigenvalue weighted by Crippen LogP contribution is -2.60. The fourth-order valence-electron chi connectivity index (χ4n) is 3.29. The molecule has 4 heterocycles. The van der Waals surface area contributed by atoms with Crippen molar-refractivity contribution in [3.8, 4) is 0 Å². The Labute approximate surface area is 163 Å². The van der Waals surface area contributed by atoms with E-state index in [1.807, 2.05) is 24.3 Å². The van der Waals surface area contributed by atoms with Gasteiger partial charge in [-0.3, -0.25) is 14.2 Å². The van der Waals surface area contributed by atoms with Gasteiger partial charge in [-0.15, -0.1) is 11.8 Å². The predicted octanol–water partition coefficient (Wildman–Crippen LogP) is 2.96. The van der Waals surface area contributed by atoms with E-state index in [0.29, 0.717) is 16.5 Å². The Bertz CT molecular complexity index is 1130. The van der Waals surface area contributed by atoms with Gasteiger partial charge < -0.3 is 5.32 Å². The van der Waals surface area contributed by atoms with Crippen molar-refractivity contribution in [2.24, 2.45) is 0 Å². The molecule has 0 bridgehead atoms. The van der Waals surface area contributed by atoms with Crippen LogP contribution in [0.15, 0.2) is 55.1 Å². The number of urea groups is 1. The molecule has 134 valence electrons. The summed E-state index contributed by atoms with van der Waals surface area (Å²) >= 11 is 7.69. The SMILES string of the molecule is O=C1NC2C=C(c3ccccc3Cl)SC2C(=O)N1c1cncc2nccn12. The van der Waals surface area contributed by atoms with Crippen LogP contribution in [0, 0.1) is 0 Å². The summed E-state index contributed by atoms with van der Waals surface area (Å²) in [6, 6.07) is 6.58. The van der Waals surface area contributed by atoms with E-state index in [1.54, 1.807) is 29.1 Å². The molecule has 2 atom stereocenters. The van der Waals surface area contributed by atoms with Gasteiger partial charge in [-0.25, -0.2) is 14.7 Å². The molecule has 1 fully saturated rings. The molecule has 0 radical (unpaired) electrons. The summed E-state index contributed by atoms with van der Waals surface area (Å²) in [7, 11) is 0. The number of imidazole rings is 1. The highest BCUT2D eigenvalue weighted by atomic mass is 35.5. The second-order valence-corrected chi connectivity index (χ2v) is 7.71. The van der Waals surface area contributed by atoms with Crippen LogP contribution >= 0.6 is 23.4 Å². The van der Waals surface area contributed by atoms with Crippen molar-refractivity contribution in [2.75, 3.05) is 4.90 Å². The summed E-state index contributed by atoms with van der Waals surface area (Å²) in [6.45, 7) is 0. The van der Waals surface area contributed by atoms with Crippen LogP contribution < -0.4 is 10.2 Å². The lowest BCUT2D eigenvalue weighted by molar-refractivity contribution is -0.118.